The molecule has 2 heteroatoms. The molecule has 1 fully saturated rings. The smallest absolute Gasteiger partial charge is 0.0930 e. The fourth-order valence-electron chi connectivity index (χ4n) is 1.43. The third kappa shape index (κ3) is 2.27. The maximum absolute atomic E-state index is 8.41. The maximum atomic E-state index is 8.41. The molecule has 11 heavy (non-hydrogen) atoms. The van der Waals surface area contributed by atoms with Crippen molar-refractivity contribution < 1.29 is 0 Å². The molecule has 1 aliphatic heterocycles. The van der Waals surface area contributed by atoms with E-state index in [-0.39, 0.29) is 0 Å². The molecule has 0 saturated carbocycles. The van der Waals surface area contributed by atoms with Gasteiger partial charge < -0.3 is 4.90 Å². The lowest BCUT2D eigenvalue weighted by molar-refractivity contribution is 0.286. The minimum absolute atomic E-state index is 1.12. The van der Waals surface area contributed by atoms with Gasteiger partial charge in [0.1, 0.15) is 0 Å². The van der Waals surface area contributed by atoms with Crippen LogP contribution in [-0.4, -0.2) is 18.0 Å². The Morgan fingerprint density at radius 3 is 2.55 bits per heavy atom. The van der Waals surface area contributed by atoms with Crippen LogP contribution in [0.5, 0.6) is 0 Å². The van der Waals surface area contributed by atoms with E-state index >= 15 is 0 Å². The second-order valence-electron chi connectivity index (χ2n) is 2.96. The van der Waals surface area contributed by atoms with E-state index in [1.165, 1.54) is 19.3 Å². The summed E-state index contributed by atoms with van der Waals surface area (Å²) >= 11 is 0. The van der Waals surface area contributed by atoms with Gasteiger partial charge in [0.15, 0.2) is 0 Å². The average Bonchev–Trinajstić information content (AvgIpc) is 2.07. The van der Waals surface area contributed by atoms with Gasteiger partial charge in [-0.05, 0) is 26.2 Å². The first-order chi connectivity index (χ1) is 5.34. The minimum Gasteiger partial charge on any atom is -0.374 e. The summed E-state index contributed by atoms with van der Waals surface area (Å²) in [6.45, 7) is 4.27. The molecule has 0 aliphatic carbocycles. The van der Waals surface area contributed by atoms with E-state index in [1.807, 2.05) is 6.92 Å². The lowest BCUT2D eigenvalue weighted by Gasteiger charge is -2.28. The van der Waals surface area contributed by atoms with Gasteiger partial charge in [-0.3, -0.25) is 0 Å². The normalized spacial score (nSPS) is 19.6. The molecule has 0 radical (unpaired) electrons. The van der Waals surface area contributed by atoms with E-state index < -0.39 is 0 Å². The second kappa shape index (κ2) is 4.02. The van der Waals surface area contributed by atoms with Crippen molar-refractivity contribution in [1.82, 2.24) is 4.90 Å². The van der Waals surface area contributed by atoms with Crippen LogP contribution in [0.4, 0.5) is 0 Å². The summed E-state index contributed by atoms with van der Waals surface area (Å²) in [6, 6.07) is 2.06. The number of nitriles is 1. The van der Waals surface area contributed by atoms with E-state index in [0.29, 0.717) is 0 Å². The van der Waals surface area contributed by atoms with Crippen molar-refractivity contribution in [2.75, 3.05) is 13.1 Å². The topological polar surface area (TPSA) is 27.0 Å². The Morgan fingerprint density at radius 2 is 2.00 bits per heavy atom. The SMILES string of the molecule is CC(=CC#N)N1CCCCC1. The lowest BCUT2D eigenvalue weighted by atomic mass is 10.1. The Hall–Kier alpha value is -0.970. The van der Waals surface area contributed by atoms with Crippen molar-refractivity contribution in [2.24, 2.45) is 0 Å². The number of allylic oxidation sites excluding steroid dienone is 2. The molecule has 0 bridgehead atoms. The standard InChI is InChI=1S/C9H14N2/c1-9(5-6-10)11-7-3-2-4-8-11/h5H,2-4,7-8H2,1H3. The van der Waals surface area contributed by atoms with Crippen LogP contribution in [0, 0.1) is 11.3 Å². The number of rotatable bonds is 1. The molecule has 0 spiro atoms. The van der Waals surface area contributed by atoms with Crippen LogP contribution in [0.1, 0.15) is 26.2 Å². The zero-order valence-electron chi connectivity index (χ0n) is 7.01. The van der Waals surface area contributed by atoms with Crippen LogP contribution < -0.4 is 0 Å². The van der Waals surface area contributed by atoms with Gasteiger partial charge >= 0.3 is 0 Å². The van der Waals surface area contributed by atoms with Crippen molar-refractivity contribution >= 4 is 0 Å². The van der Waals surface area contributed by atoms with Gasteiger partial charge in [-0.1, -0.05) is 0 Å². The van der Waals surface area contributed by atoms with E-state index in [4.69, 9.17) is 5.26 Å². The van der Waals surface area contributed by atoms with Crippen LogP contribution >= 0.6 is 0 Å². The molecular formula is C9H14N2. The molecule has 1 saturated heterocycles. The van der Waals surface area contributed by atoms with Gasteiger partial charge in [0.25, 0.3) is 0 Å². The van der Waals surface area contributed by atoms with Crippen molar-refractivity contribution in [2.45, 2.75) is 26.2 Å². The second-order valence-corrected chi connectivity index (χ2v) is 2.96. The third-order valence-electron chi connectivity index (χ3n) is 2.13. The molecular weight excluding hydrogens is 136 g/mol. The van der Waals surface area contributed by atoms with Gasteiger partial charge in [-0.15, -0.1) is 0 Å². The number of hydrogen-bond donors (Lipinski definition) is 0. The number of likely N-dealkylation sites (tertiary alicyclic amines) is 1. The Balaban J connectivity index is 2.46. The number of piperidine rings is 1. The van der Waals surface area contributed by atoms with Gasteiger partial charge in [0, 0.05) is 24.9 Å². The Bertz CT molecular complexity index is 182. The molecule has 1 heterocycles. The average molecular weight is 150 g/mol. The maximum Gasteiger partial charge on any atom is 0.0930 e. The van der Waals surface area contributed by atoms with Gasteiger partial charge in [0.2, 0.25) is 0 Å². The first-order valence-corrected chi connectivity index (χ1v) is 4.16. The summed E-state index contributed by atoms with van der Waals surface area (Å²) in [5.41, 5.74) is 1.12. The largest absolute Gasteiger partial charge is 0.374 e. The fraction of sp³-hybridized carbons (Fsp3) is 0.667. The van der Waals surface area contributed by atoms with Crippen LogP contribution in [0.15, 0.2) is 11.8 Å². The van der Waals surface area contributed by atoms with Crippen molar-refractivity contribution in [3.8, 4) is 6.07 Å². The Morgan fingerprint density at radius 1 is 1.36 bits per heavy atom. The van der Waals surface area contributed by atoms with Crippen LogP contribution in [0.25, 0.3) is 0 Å². The third-order valence-corrected chi connectivity index (χ3v) is 2.13. The summed E-state index contributed by atoms with van der Waals surface area (Å²) in [5.74, 6) is 0. The summed E-state index contributed by atoms with van der Waals surface area (Å²) in [4.78, 5) is 2.28. The molecule has 1 aliphatic rings. The van der Waals surface area contributed by atoms with E-state index in [2.05, 4.69) is 11.0 Å². The first-order valence-electron chi connectivity index (χ1n) is 4.16. The van der Waals surface area contributed by atoms with E-state index in [9.17, 15) is 0 Å². The van der Waals surface area contributed by atoms with E-state index in [1.54, 1.807) is 6.08 Å². The highest BCUT2D eigenvalue weighted by molar-refractivity contribution is 5.10. The van der Waals surface area contributed by atoms with Crippen molar-refractivity contribution in [1.29, 1.82) is 5.26 Å². The first kappa shape index (κ1) is 8.13. The highest BCUT2D eigenvalue weighted by Crippen LogP contribution is 2.13. The Kier molecular flexibility index (Phi) is 2.97. The minimum atomic E-state index is 1.12. The molecule has 0 unspecified atom stereocenters. The highest BCUT2D eigenvalue weighted by atomic mass is 15.1. The molecule has 0 N–H and O–H groups in total. The molecule has 0 aromatic rings. The summed E-state index contributed by atoms with van der Waals surface area (Å²) in [6.07, 6.45) is 5.52. The van der Waals surface area contributed by atoms with Crippen molar-refractivity contribution in [3.63, 3.8) is 0 Å². The van der Waals surface area contributed by atoms with Gasteiger partial charge in [-0.25, -0.2) is 0 Å². The van der Waals surface area contributed by atoms with Crippen LogP contribution in [0.2, 0.25) is 0 Å². The fourth-order valence-corrected chi connectivity index (χ4v) is 1.43. The zero-order valence-corrected chi connectivity index (χ0v) is 7.01. The molecule has 2 nitrogen and oxygen atoms in total. The summed E-state index contributed by atoms with van der Waals surface area (Å²) in [7, 11) is 0. The van der Waals surface area contributed by atoms with Crippen LogP contribution in [0.3, 0.4) is 0 Å². The van der Waals surface area contributed by atoms with Gasteiger partial charge in [0.05, 0.1) is 6.07 Å². The quantitative estimate of drug-likeness (QED) is 0.534. The number of hydrogen-bond acceptors (Lipinski definition) is 2. The monoisotopic (exact) mass is 150 g/mol. The zero-order chi connectivity index (χ0) is 8.10. The molecule has 0 aromatic carbocycles. The van der Waals surface area contributed by atoms with Gasteiger partial charge in [-0.2, -0.15) is 5.26 Å². The summed E-state index contributed by atoms with van der Waals surface area (Å²) in [5, 5.41) is 8.41. The predicted molar refractivity (Wildman–Crippen MR) is 44.8 cm³/mol. The summed E-state index contributed by atoms with van der Waals surface area (Å²) < 4.78 is 0. The number of nitrogens with zero attached hydrogens (tertiary/aromatic N) is 2. The Labute approximate surface area is 68.1 Å². The molecule has 0 aromatic heterocycles. The molecule has 1 rings (SSSR count). The van der Waals surface area contributed by atoms with Crippen LogP contribution in [-0.2, 0) is 0 Å². The van der Waals surface area contributed by atoms with Crippen molar-refractivity contribution in [3.05, 3.63) is 11.8 Å². The molecule has 60 valence electrons. The predicted octanol–water partition coefficient (Wildman–Crippen LogP) is 1.90. The highest BCUT2D eigenvalue weighted by Gasteiger charge is 2.08. The molecule has 0 atom stereocenters. The molecule has 0 amide bonds. The van der Waals surface area contributed by atoms with E-state index in [0.717, 1.165) is 18.8 Å². The lowest BCUT2D eigenvalue weighted by Crippen LogP contribution is -2.27.